The Balaban J connectivity index is 2.19. The number of hydrogen-bond acceptors (Lipinski definition) is 2. The second kappa shape index (κ2) is 8.12. The molecule has 0 aliphatic carbocycles. The average molecular weight is 288 g/mol. The molecule has 0 saturated carbocycles. The molecule has 0 aromatic heterocycles. The molecule has 1 atom stereocenters. The van der Waals surface area contributed by atoms with Crippen molar-refractivity contribution in [3.63, 3.8) is 0 Å². The highest BCUT2D eigenvalue weighted by molar-refractivity contribution is 6.30. The van der Waals surface area contributed by atoms with Crippen LogP contribution in [0, 0.1) is 11.7 Å². The Morgan fingerprint density at radius 2 is 2.21 bits per heavy atom. The van der Waals surface area contributed by atoms with Crippen LogP contribution in [0.1, 0.15) is 31.7 Å². The molecule has 5 heteroatoms. The fraction of sp³-hybridized carbons (Fsp3) is 0.500. The van der Waals surface area contributed by atoms with Gasteiger partial charge in [0.25, 0.3) is 0 Å². The summed E-state index contributed by atoms with van der Waals surface area (Å²) in [5.41, 5.74) is 0.847. The van der Waals surface area contributed by atoms with Crippen molar-refractivity contribution in [1.29, 1.82) is 0 Å². The normalized spacial score (nSPS) is 12.4. The van der Waals surface area contributed by atoms with Gasteiger partial charge in [0.15, 0.2) is 0 Å². The van der Waals surface area contributed by atoms with Crippen LogP contribution in [0.5, 0.6) is 0 Å². The molecule has 0 fully saturated rings. The van der Waals surface area contributed by atoms with Crippen molar-refractivity contribution in [2.45, 2.75) is 32.7 Å². The van der Waals surface area contributed by atoms with Gasteiger partial charge in [-0.1, -0.05) is 24.6 Å². The lowest BCUT2D eigenvalue weighted by molar-refractivity contribution is -0.137. The van der Waals surface area contributed by atoms with Gasteiger partial charge in [-0.3, -0.25) is 4.79 Å². The first-order valence-electron chi connectivity index (χ1n) is 6.35. The minimum atomic E-state index is -0.753. The van der Waals surface area contributed by atoms with Gasteiger partial charge >= 0.3 is 5.97 Å². The number of hydrogen-bond donors (Lipinski definition) is 2. The summed E-state index contributed by atoms with van der Waals surface area (Å²) in [6.45, 7) is 3.40. The number of rotatable bonds is 8. The Labute approximate surface area is 117 Å². The van der Waals surface area contributed by atoms with E-state index in [9.17, 15) is 9.18 Å². The van der Waals surface area contributed by atoms with Crippen LogP contribution in [-0.2, 0) is 11.3 Å². The zero-order chi connectivity index (χ0) is 14.3. The summed E-state index contributed by atoms with van der Waals surface area (Å²) in [5.74, 6) is -0.794. The molecule has 106 valence electrons. The summed E-state index contributed by atoms with van der Waals surface area (Å²) in [6, 6.07) is 4.75. The Hall–Kier alpha value is -1.13. The average Bonchev–Trinajstić information content (AvgIpc) is 2.36. The molecule has 3 nitrogen and oxygen atoms in total. The maximum absolute atomic E-state index is 13.2. The molecular formula is C14H19ClFNO2. The molecule has 1 rings (SSSR count). The molecule has 0 radical (unpaired) electrons. The van der Waals surface area contributed by atoms with E-state index in [1.54, 1.807) is 12.1 Å². The fourth-order valence-electron chi connectivity index (χ4n) is 1.74. The third kappa shape index (κ3) is 6.55. The monoisotopic (exact) mass is 287 g/mol. The van der Waals surface area contributed by atoms with E-state index in [0.717, 1.165) is 18.5 Å². The predicted molar refractivity (Wildman–Crippen MR) is 73.8 cm³/mol. The molecular weight excluding hydrogens is 269 g/mol. The van der Waals surface area contributed by atoms with Crippen molar-refractivity contribution < 1.29 is 14.3 Å². The molecule has 0 saturated heterocycles. The number of aliphatic carboxylic acids is 1. The Morgan fingerprint density at radius 1 is 1.47 bits per heavy atom. The molecule has 0 amide bonds. The van der Waals surface area contributed by atoms with Crippen molar-refractivity contribution in [3.8, 4) is 0 Å². The lowest BCUT2D eigenvalue weighted by Gasteiger charge is -2.11. The van der Waals surface area contributed by atoms with E-state index in [4.69, 9.17) is 16.7 Å². The van der Waals surface area contributed by atoms with Crippen molar-refractivity contribution in [2.75, 3.05) is 6.54 Å². The SMILES string of the molecule is CC(CCNCc1ccc(Cl)c(F)c1)CCC(=O)O. The summed E-state index contributed by atoms with van der Waals surface area (Å²) in [7, 11) is 0. The molecule has 0 aliphatic rings. The van der Waals surface area contributed by atoms with Crippen molar-refractivity contribution in [1.82, 2.24) is 5.32 Å². The zero-order valence-corrected chi connectivity index (χ0v) is 11.7. The lowest BCUT2D eigenvalue weighted by atomic mass is 10.0. The van der Waals surface area contributed by atoms with Crippen LogP contribution < -0.4 is 5.32 Å². The molecule has 19 heavy (non-hydrogen) atoms. The largest absolute Gasteiger partial charge is 0.481 e. The molecule has 1 unspecified atom stereocenters. The number of halogens is 2. The highest BCUT2D eigenvalue weighted by atomic mass is 35.5. The van der Waals surface area contributed by atoms with Gasteiger partial charge in [0.05, 0.1) is 5.02 Å². The van der Waals surface area contributed by atoms with Gasteiger partial charge in [-0.05, 0) is 43.0 Å². The van der Waals surface area contributed by atoms with E-state index in [2.05, 4.69) is 5.32 Å². The summed E-state index contributed by atoms with van der Waals surface area (Å²) in [5, 5.41) is 11.9. The zero-order valence-electron chi connectivity index (χ0n) is 11.0. The second-order valence-electron chi connectivity index (χ2n) is 4.75. The summed E-state index contributed by atoms with van der Waals surface area (Å²) in [6.07, 6.45) is 1.81. The summed E-state index contributed by atoms with van der Waals surface area (Å²) < 4.78 is 13.2. The van der Waals surface area contributed by atoms with Crippen LogP contribution in [-0.4, -0.2) is 17.6 Å². The Bertz CT molecular complexity index is 426. The van der Waals surface area contributed by atoms with Crippen LogP contribution in [0.25, 0.3) is 0 Å². The van der Waals surface area contributed by atoms with Crippen molar-refractivity contribution in [3.05, 3.63) is 34.6 Å². The highest BCUT2D eigenvalue weighted by Gasteiger charge is 2.05. The van der Waals surface area contributed by atoms with Gasteiger partial charge in [0.1, 0.15) is 5.82 Å². The lowest BCUT2D eigenvalue weighted by Crippen LogP contribution is -2.17. The van der Waals surface area contributed by atoms with Crippen LogP contribution in [0.3, 0.4) is 0 Å². The first kappa shape index (κ1) is 15.9. The molecule has 2 N–H and O–H groups in total. The fourth-order valence-corrected chi connectivity index (χ4v) is 1.86. The maximum atomic E-state index is 13.2. The van der Waals surface area contributed by atoms with E-state index in [1.807, 2.05) is 6.92 Å². The van der Waals surface area contributed by atoms with E-state index in [0.29, 0.717) is 18.9 Å². The molecule has 0 heterocycles. The standard InChI is InChI=1S/C14H19ClFNO2/c1-10(2-5-14(18)19)6-7-17-9-11-3-4-12(15)13(16)8-11/h3-4,8,10,17H,2,5-7,9H2,1H3,(H,18,19). The molecule has 1 aromatic rings. The number of benzene rings is 1. The third-order valence-corrected chi connectivity index (χ3v) is 3.28. The van der Waals surface area contributed by atoms with E-state index in [-0.39, 0.29) is 11.4 Å². The van der Waals surface area contributed by atoms with Gasteiger partial charge in [0.2, 0.25) is 0 Å². The number of carboxylic acids is 1. The quantitative estimate of drug-likeness (QED) is 0.720. The molecule has 1 aromatic carbocycles. The van der Waals surface area contributed by atoms with Crippen molar-refractivity contribution >= 4 is 17.6 Å². The number of carboxylic acid groups (broad SMARTS) is 1. The van der Waals surface area contributed by atoms with Gasteiger partial charge in [-0.2, -0.15) is 0 Å². The van der Waals surface area contributed by atoms with Gasteiger partial charge < -0.3 is 10.4 Å². The van der Waals surface area contributed by atoms with Gasteiger partial charge in [0, 0.05) is 13.0 Å². The smallest absolute Gasteiger partial charge is 0.303 e. The van der Waals surface area contributed by atoms with Crippen molar-refractivity contribution in [2.24, 2.45) is 5.92 Å². The minimum Gasteiger partial charge on any atom is -0.481 e. The summed E-state index contributed by atoms with van der Waals surface area (Å²) in [4.78, 5) is 10.4. The Morgan fingerprint density at radius 3 is 2.84 bits per heavy atom. The number of carbonyl (C=O) groups is 1. The summed E-state index contributed by atoms with van der Waals surface area (Å²) >= 11 is 5.60. The highest BCUT2D eigenvalue weighted by Crippen LogP contribution is 2.15. The maximum Gasteiger partial charge on any atom is 0.303 e. The molecule has 0 bridgehead atoms. The molecule has 0 aliphatic heterocycles. The first-order chi connectivity index (χ1) is 8.99. The minimum absolute atomic E-state index is 0.131. The topological polar surface area (TPSA) is 49.3 Å². The number of nitrogens with one attached hydrogen (secondary N) is 1. The second-order valence-corrected chi connectivity index (χ2v) is 5.16. The third-order valence-electron chi connectivity index (χ3n) is 2.98. The Kier molecular flexibility index (Phi) is 6.81. The van der Waals surface area contributed by atoms with Crippen LogP contribution in [0.2, 0.25) is 5.02 Å². The van der Waals surface area contributed by atoms with Crippen LogP contribution >= 0.6 is 11.6 Å². The van der Waals surface area contributed by atoms with E-state index in [1.165, 1.54) is 6.07 Å². The predicted octanol–water partition coefficient (Wildman–Crippen LogP) is 3.46. The first-order valence-corrected chi connectivity index (χ1v) is 6.73. The van der Waals surface area contributed by atoms with E-state index < -0.39 is 11.8 Å². The van der Waals surface area contributed by atoms with E-state index >= 15 is 0 Å². The molecule has 0 spiro atoms. The van der Waals surface area contributed by atoms with Gasteiger partial charge in [-0.25, -0.2) is 4.39 Å². The van der Waals surface area contributed by atoms with Gasteiger partial charge in [-0.15, -0.1) is 0 Å². The van der Waals surface area contributed by atoms with Crippen LogP contribution in [0.15, 0.2) is 18.2 Å². The van der Waals surface area contributed by atoms with Crippen LogP contribution in [0.4, 0.5) is 4.39 Å².